The monoisotopic (exact) mass is 278 g/mol. The molecule has 4 atom stereocenters. The molecule has 0 bridgehead atoms. The smallest absolute Gasteiger partial charge is 0.0124 e. The predicted octanol–water partition coefficient (Wildman–Crippen LogP) is 3.81. The summed E-state index contributed by atoms with van der Waals surface area (Å²) in [5.41, 5.74) is 0. The standard InChI is InChI=1S/C18H34N2/c1-2-12-19-17-9-5-3-8-16(17)14-20-13-11-15-7-4-6-10-18(15)20/h15-19H,2-14H2,1H3. The van der Waals surface area contributed by atoms with Crippen molar-refractivity contribution in [1.29, 1.82) is 0 Å². The Labute approximate surface area is 125 Å². The van der Waals surface area contributed by atoms with Crippen molar-refractivity contribution >= 4 is 0 Å². The van der Waals surface area contributed by atoms with E-state index in [1.165, 1.54) is 83.8 Å². The zero-order chi connectivity index (χ0) is 13.8. The van der Waals surface area contributed by atoms with Crippen LogP contribution in [-0.4, -0.2) is 36.6 Å². The molecule has 3 aliphatic rings. The molecule has 2 aliphatic carbocycles. The number of rotatable bonds is 5. The second-order valence-electron chi connectivity index (χ2n) is 7.50. The van der Waals surface area contributed by atoms with Gasteiger partial charge in [-0.05, 0) is 63.5 Å². The number of hydrogen-bond donors (Lipinski definition) is 1. The second-order valence-corrected chi connectivity index (χ2v) is 7.50. The molecule has 3 fully saturated rings. The van der Waals surface area contributed by atoms with E-state index in [0.29, 0.717) is 0 Å². The number of nitrogens with one attached hydrogen (secondary N) is 1. The number of likely N-dealkylation sites (tertiary alicyclic amines) is 1. The van der Waals surface area contributed by atoms with Gasteiger partial charge in [0.15, 0.2) is 0 Å². The predicted molar refractivity (Wildman–Crippen MR) is 86.0 cm³/mol. The van der Waals surface area contributed by atoms with E-state index in [9.17, 15) is 0 Å². The average molecular weight is 278 g/mol. The van der Waals surface area contributed by atoms with Gasteiger partial charge in [0.25, 0.3) is 0 Å². The molecule has 0 amide bonds. The number of fused-ring (bicyclic) bond motifs is 1. The van der Waals surface area contributed by atoms with E-state index in [2.05, 4.69) is 17.1 Å². The van der Waals surface area contributed by atoms with E-state index < -0.39 is 0 Å². The third-order valence-electron chi connectivity index (χ3n) is 6.16. The summed E-state index contributed by atoms with van der Waals surface area (Å²) in [7, 11) is 0. The van der Waals surface area contributed by atoms with E-state index in [1.54, 1.807) is 0 Å². The van der Waals surface area contributed by atoms with Crippen LogP contribution in [0.2, 0.25) is 0 Å². The van der Waals surface area contributed by atoms with Crippen LogP contribution in [0, 0.1) is 11.8 Å². The molecular formula is C18H34N2. The first-order valence-electron chi connectivity index (χ1n) is 9.36. The first-order chi connectivity index (χ1) is 9.88. The molecule has 2 saturated carbocycles. The van der Waals surface area contributed by atoms with Gasteiger partial charge in [-0.15, -0.1) is 0 Å². The van der Waals surface area contributed by atoms with Crippen molar-refractivity contribution in [3.63, 3.8) is 0 Å². The van der Waals surface area contributed by atoms with Crippen LogP contribution in [0.15, 0.2) is 0 Å². The van der Waals surface area contributed by atoms with E-state index in [1.807, 2.05) is 0 Å². The average Bonchev–Trinajstić information content (AvgIpc) is 2.90. The van der Waals surface area contributed by atoms with Crippen molar-refractivity contribution in [2.24, 2.45) is 11.8 Å². The molecule has 4 unspecified atom stereocenters. The van der Waals surface area contributed by atoms with Crippen molar-refractivity contribution in [2.45, 2.75) is 83.2 Å². The lowest BCUT2D eigenvalue weighted by molar-refractivity contribution is 0.128. The summed E-state index contributed by atoms with van der Waals surface area (Å²) < 4.78 is 0. The summed E-state index contributed by atoms with van der Waals surface area (Å²) in [6, 6.07) is 1.77. The number of nitrogens with zero attached hydrogens (tertiary/aromatic N) is 1. The maximum absolute atomic E-state index is 3.84. The van der Waals surface area contributed by atoms with Gasteiger partial charge in [-0.2, -0.15) is 0 Å². The normalized spacial score (nSPS) is 38.9. The van der Waals surface area contributed by atoms with Crippen molar-refractivity contribution in [3.8, 4) is 0 Å². The van der Waals surface area contributed by atoms with Crippen LogP contribution >= 0.6 is 0 Å². The fourth-order valence-electron chi connectivity index (χ4n) is 5.06. The molecule has 1 heterocycles. The Morgan fingerprint density at radius 1 is 0.950 bits per heavy atom. The first-order valence-corrected chi connectivity index (χ1v) is 9.36. The minimum absolute atomic E-state index is 0.811. The molecule has 1 N–H and O–H groups in total. The Kier molecular flexibility index (Phi) is 5.39. The van der Waals surface area contributed by atoms with E-state index >= 15 is 0 Å². The van der Waals surface area contributed by atoms with Crippen LogP contribution in [-0.2, 0) is 0 Å². The molecule has 2 nitrogen and oxygen atoms in total. The molecule has 0 spiro atoms. The zero-order valence-corrected chi connectivity index (χ0v) is 13.4. The Morgan fingerprint density at radius 3 is 2.65 bits per heavy atom. The van der Waals surface area contributed by atoms with E-state index in [0.717, 1.165) is 23.9 Å². The third-order valence-corrected chi connectivity index (χ3v) is 6.16. The largest absolute Gasteiger partial charge is 0.314 e. The molecule has 116 valence electrons. The first kappa shape index (κ1) is 14.8. The van der Waals surface area contributed by atoms with Gasteiger partial charge in [-0.1, -0.05) is 32.6 Å². The van der Waals surface area contributed by atoms with Gasteiger partial charge in [-0.25, -0.2) is 0 Å². The quantitative estimate of drug-likeness (QED) is 0.822. The number of hydrogen-bond acceptors (Lipinski definition) is 2. The Hall–Kier alpha value is -0.0800. The lowest BCUT2D eigenvalue weighted by atomic mass is 9.82. The molecule has 1 saturated heterocycles. The van der Waals surface area contributed by atoms with Crippen LogP contribution < -0.4 is 5.32 Å². The molecule has 20 heavy (non-hydrogen) atoms. The highest BCUT2D eigenvalue weighted by atomic mass is 15.2. The molecule has 0 aromatic carbocycles. The van der Waals surface area contributed by atoms with Gasteiger partial charge >= 0.3 is 0 Å². The van der Waals surface area contributed by atoms with Crippen molar-refractivity contribution in [2.75, 3.05) is 19.6 Å². The van der Waals surface area contributed by atoms with Crippen LogP contribution in [0.4, 0.5) is 0 Å². The van der Waals surface area contributed by atoms with Gasteiger partial charge in [0.2, 0.25) is 0 Å². The van der Waals surface area contributed by atoms with Crippen LogP contribution in [0.25, 0.3) is 0 Å². The van der Waals surface area contributed by atoms with Gasteiger partial charge in [0.05, 0.1) is 0 Å². The highest BCUT2D eigenvalue weighted by molar-refractivity contribution is 4.92. The van der Waals surface area contributed by atoms with Gasteiger partial charge in [-0.3, -0.25) is 4.90 Å². The highest BCUT2D eigenvalue weighted by Crippen LogP contribution is 2.37. The van der Waals surface area contributed by atoms with Crippen LogP contribution in [0.1, 0.15) is 71.1 Å². The van der Waals surface area contributed by atoms with E-state index in [4.69, 9.17) is 0 Å². The topological polar surface area (TPSA) is 15.3 Å². The molecular weight excluding hydrogens is 244 g/mol. The van der Waals surface area contributed by atoms with Crippen LogP contribution in [0.3, 0.4) is 0 Å². The highest BCUT2D eigenvalue weighted by Gasteiger charge is 2.37. The maximum atomic E-state index is 3.84. The Balaban J connectivity index is 1.54. The van der Waals surface area contributed by atoms with Crippen molar-refractivity contribution < 1.29 is 0 Å². The molecule has 0 aromatic rings. The van der Waals surface area contributed by atoms with Gasteiger partial charge < -0.3 is 5.32 Å². The maximum Gasteiger partial charge on any atom is 0.0124 e. The summed E-state index contributed by atoms with van der Waals surface area (Å²) in [5.74, 6) is 1.98. The fraction of sp³-hybridized carbons (Fsp3) is 1.00. The van der Waals surface area contributed by atoms with Gasteiger partial charge in [0.1, 0.15) is 0 Å². The second kappa shape index (κ2) is 7.26. The minimum atomic E-state index is 0.811. The van der Waals surface area contributed by atoms with Crippen molar-refractivity contribution in [3.05, 3.63) is 0 Å². The Bertz CT molecular complexity index is 291. The summed E-state index contributed by atoms with van der Waals surface area (Å²) in [6.07, 6.45) is 14.6. The molecule has 3 rings (SSSR count). The van der Waals surface area contributed by atoms with Crippen molar-refractivity contribution in [1.82, 2.24) is 10.2 Å². The Morgan fingerprint density at radius 2 is 1.75 bits per heavy atom. The molecule has 0 aromatic heterocycles. The molecule has 2 heteroatoms. The molecule has 0 radical (unpaired) electrons. The zero-order valence-electron chi connectivity index (χ0n) is 13.4. The van der Waals surface area contributed by atoms with Crippen LogP contribution in [0.5, 0.6) is 0 Å². The third kappa shape index (κ3) is 3.39. The van der Waals surface area contributed by atoms with E-state index in [-0.39, 0.29) is 0 Å². The summed E-state index contributed by atoms with van der Waals surface area (Å²) >= 11 is 0. The fourth-order valence-corrected chi connectivity index (χ4v) is 5.06. The minimum Gasteiger partial charge on any atom is -0.314 e. The molecule has 1 aliphatic heterocycles. The van der Waals surface area contributed by atoms with Gasteiger partial charge in [0, 0.05) is 18.6 Å². The lowest BCUT2D eigenvalue weighted by Crippen LogP contribution is -2.46. The SMILES string of the molecule is CCCNC1CCCCC1CN1CCC2CCCCC21. The summed E-state index contributed by atoms with van der Waals surface area (Å²) in [6.45, 7) is 6.29. The summed E-state index contributed by atoms with van der Waals surface area (Å²) in [5, 5.41) is 3.84. The lowest BCUT2D eigenvalue weighted by Gasteiger charge is -2.38. The summed E-state index contributed by atoms with van der Waals surface area (Å²) in [4.78, 5) is 2.89.